The van der Waals surface area contributed by atoms with Gasteiger partial charge in [-0.2, -0.15) is 0 Å². The van der Waals surface area contributed by atoms with Crippen molar-refractivity contribution in [2.75, 3.05) is 32.7 Å². The minimum absolute atomic E-state index is 0.154. The van der Waals surface area contributed by atoms with Crippen LogP contribution in [0.3, 0.4) is 0 Å². The monoisotopic (exact) mass is 537 g/mol. The largest absolute Gasteiger partial charge is 0.394 e. The lowest BCUT2D eigenvalue weighted by atomic mass is 9.94. The lowest BCUT2D eigenvalue weighted by Gasteiger charge is -2.26. The molecule has 5 atom stereocenters. The summed E-state index contributed by atoms with van der Waals surface area (Å²) < 4.78 is 12.7. The number of amides is 1. The molecule has 0 saturated carbocycles. The van der Waals surface area contributed by atoms with Crippen LogP contribution in [0.4, 0.5) is 5.82 Å². The van der Waals surface area contributed by atoms with E-state index in [9.17, 15) is 24.8 Å². The average Bonchev–Trinajstić information content (AvgIpc) is 3.44. The zero-order chi connectivity index (χ0) is 26.7. The van der Waals surface area contributed by atoms with Crippen LogP contribution in [0, 0.1) is 5.92 Å². The predicted octanol–water partition coefficient (Wildman–Crippen LogP) is -1.06. The van der Waals surface area contributed by atoms with Gasteiger partial charge in [0, 0.05) is 21.2 Å². The predicted molar refractivity (Wildman–Crippen MR) is 134 cm³/mol. The maximum absolute atomic E-state index is 13.2. The van der Waals surface area contributed by atoms with Crippen LogP contribution >= 0.6 is 8.53 Å². The van der Waals surface area contributed by atoms with E-state index in [2.05, 4.69) is 25.4 Å². The molecule has 15 heteroatoms. The summed E-state index contributed by atoms with van der Waals surface area (Å²) in [7, 11) is 2.64. The number of rotatable bonds is 10. The van der Waals surface area contributed by atoms with Gasteiger partial charge in [-0.25, -0.2) is 20.0 Å². The number of hydrogen-bond acceptors (Lipinski definition) is 12. The molecule has 0 aromatic carbocycles. The Morgan fingerprint density at radius 2 is 1.97 bits per heavy atom. The second-order valence-corrected chi connectivity index (χ2v) is 9.87. The third kappa shape index (κ3) is 5.97. The molecule has 1 fully saturated rings. The number of anilines is 1. The molecule has 1 aliphatic carbocycles. The number of fused-ring (bicyclic) bond motifs is 1. The number of nitrogens with zero attached hydrogens (tertiary/aromatic N) is 5. The van der Waals surface area contributed by atoms with Gasteiger partial charge in [0.25, 0.3) is 8.53 Å². The Morgan fingerprint density at radius 3 is 2.59 bits per heavy atom. The summed E-state index contributed by atoms with van der Waals surface area (Å²) in [4.78, 5) is 47.0. The van der Waals surface area contributed by atoms with Crippen LogP contribution in [0.5, 0.6) is 0 Å². The zero-order valence-corrected chi connectivity index (χ0v) is 21.5. The molecule has 0 unspecified atom stereocenters. The van der Waals surface area contributed by atoms with Crippen LogP contribution in [0.15, 0.2) is 37.0 Å². The van der Waals surface area contributed by atoms with Crippen LogP contribution in [0.1, 0.15) is 12.6 Å². The van der Waals surface area contributed by atoms with Crippen molar-refractivity contribution in [3.8, 4) is 0 Å². The zero-order valence-electron chi connectivity index (χ0n) is 20.6. The molecule has 4 rings (SSSR count). The molecule has 1 amide bonds. The van der Waals surface area contributed by atoms with Crippen molar-refractivity contribution in [1.82, 2.24) is 29.9 Å². The molecule has 0 spiro atoms. The second-order valence-electron chi connectivity index (χ2n) is 9.03. The number of nitrogens with one attached hydrogen (secondary N) is 2. The second kappa shape index (κ2) is 11.9. The fraction of sp³-hybridized carbons (Fsp3) is 0.545. The van der Waals surface area contributed by atoms with Crippen LogP contribution in [0.2, 0.25) is 0 Å². The number of aliphatic hydroxyl groups excluding tert-OH is 2. The van der Waals surface area contributed by atoms with Crippen LogP contribution in [-0.4, -0.2) is 104 Å². The minimum atomic E-state index is -2.58. The average molecular weight is 538 g/mol. The SMILES string of the molecule is COC1C=CC(C[C@H](NP(O)O)C(=O)N[C@H]2[C@@H](O)[C@H](n3cnc4c(N(C)C)ncnc43)O[C@@H]2CO)C=C1. The molecule has 202 valence electrons. The molecular formula is C22H32N7O7P. The molecule has 14 nitrogen and oxygen atoms in total. The van der Waals surface area contributed by atoms with Gasteiger partial charge in [-0.05, 0) is 12.3 Å². The molecule has 2 aromatic heterocycles. The van der Waals surface area contributed by atoms with Gasteiger partial charge < -0.3 is 39.7 Å². The summed E-state index contributed by atoms with van der Waals surface area (Å²) in [6.07, 6.45) is 7.17. The van der Waals surface area contributed by atoms with Gasteiger partial charge in [-0.15, -0.1) is 0 Å². The quantitative estimate of drug-likeness (QED) is 0.160. The molecule has 2 aromatic rings. The topological polar surface area (TPSA) is 187 Å². The summed E-state index contributed by atoms with van der Waals surface area (Å²) in [5.74, 6) is -0.148. The lowest BCUT2D eigenvalue weighted by Crippen LogP contribution is -2.53. The van der Waals surface area contributed by atoms with E-state index < -0.39 is 51.6 Å². The van der Waals surface area contributed by atoms with Gasteiger partial charge in [0.15, 0.2) is 23.2 Å². The smallest absolute Gasteiger partial charge is 0.250 e. The number of aromatic nitrogens is 4. The Kier molecular flexibility index (Phi) is 8.82. The first-order valence-corrected chi connectivity index (χ1v) is 12.9. The van der Waals surface area contributed by atoms with E-state index in [0.717, 1.165) is 0 Å². The van der Waals surface area contributed by atoms with E-state index in [4.69, 9.17) is 9.47 Å². The van der Waals surface area contributed by atoms with Gasteiger partial charge in [-0.1, -0.05) is 24.3 Å². The van der Waals surface area contributed by atoms with Crippen LogP contribution in [-0.2, 0) is 14.3 Å². The van der Waals surface area contributed by atoms with Crippen molar-refractivity contribution in [3.63, 3.8) is 0 Å². The Balaban J connectivity index is 1.51. The van der Waals surface area contributed by atoms with Gasteiger partial charge in [0.05, 0.1) is 31.1 Å². The summed E-state index contributed by atoms with van der Waals surface area (Å²) in [6.45, 7) is -0.472. The lowest BCUT2D eigenvalue weighted by molar-refractivity contribution is -0.124. The first kappa shape index (κ1) is 27.5. The standard InChI is InChI=1S/C22H32N7O7P/c1-28(2)19-17-20(24-10-23-19)29(11-25-17)22-18(31)16(15(9-30)36-22)26-21(32)14(27-37(33)34)8-12-4-6-13(35-3)7-5-12/h4-7,10-16,18,22,27,30-31,33-34H,8-9H2,1-3H3,(H,26,32)/t12?,13?,14-,15+,16+,18+,22+/m0/s1. The number of ether oxygens (including phenoxy) is 2. The molecule has 37 heavy (non-hydrogen) atoms. The highest BCUT2D eigenvalue weighted by Crippen LogP contribution is 2.33. The van der Waals surface area contributed by atoms with Gasteiger partial charge >= 0.3 is 0 Å². The number of imidazole rings is 1. The Hall–Kier alpha value is -2.55. The Morgan fingerprint density at radius 1 is 1.24 bits per heavy atom. The summed E-state index contributed by atoms with van der Waals surface area (Å²) in [6, 6.07) is -1.98. The number of carbonyl (C=O) groups excluding carboxylic acids is 1. The minimum Gasteiger partial charge on any atom is -0.394 e. The normalized spacial score (nSPS) is 28.2. The van der Waals surface area contributed by atoms with Crippen molar-refractivity contribution in [3.05, 3.63) is 37.0 Å². The number of methoxy groups -OCH3 is 1. The first-order valence-electron chi connectivity index (χ1n) is 11.7. The molecule has 2 aliphatic rings. The number of carbonyl (C=O) groups is 1. The first-order chi connectivity index (χ1) is 17.7. The van der Waals surface area contributed by atoms with Crippen LogP contribution in [0.25, 0.3) is 11.2 Å². The molecule has 0 bridgehead atoms. The highest BCUT2D eigenvalue weighted by molar-refractivity contribution is 7.42. The molecule has 3 heterocycles. The maximum atomic E-state index is 13.2. The molecule has 0 radical (unpaired) electrons. The maximum Gasteiger partial charge on any atom is 0.250 e. The van der Waals surface area contributed by atoms with Crippen LogP contribution < -0.4 is 15.3 Å². The van der Waals surface area contributed by atoms with Gasteiger partial charge in [-0.3, -0.25) is 9.36 Å². The third-order valence-corrected chi connectivity index (χ3v) is 6.91. The summed E-state index contributed by atoms with van der Waals surface area (Å²) in [5.41, 5.74) is 0.923. The highest BCUT2D eigenvalue weighted by atomic mass is 31.2. The van der Waals surface area contributed by atoms with Gasteiger partial charge in [0.1, 0.15) is 18.5 Å². The Labute approximate surface area is 214 Å². The van der Waals surface area contributed by atoms with E-state index in [1.165, 1.54) is 17.2 Å². The van der Waals surface area contributed by atoms with E-state index in [1.54, 1.807) is 12.0 Å². The van der Waals surface area contributed by atoms with Crippen molar-refractivity contribution < 1.29 is 34.3 Å². The van der Waals surface area contributed by atoms with Crippen molar-refractivity contribution in [2.24, 2.45) is 5.92 Å². The van der Waals surface area contributed by atoms with Gasteiger partial charge in [0.2, 0.25) is 5.91 Å². The summed E-state index contributed by atoms with van der Waals surface area (Å²) in [5, 5.41) is 26.3. The van der Waals surface area contributed by atoms with E-state index >= 15 is 0 Å². The number of hydrogen-bond donors (Lipinski definition) is 6. The molecular weight excluding hydrogens is 505 g/mol. The van der Waals surface area contributed by atoms with E-state index in [1.807, 2.05) is 38.4 Å². The third-order valence-electron chi connectivity index (χ3n) is 6.36. The summed E-state index contributed by atoms with van der Waals surface area (Å²) >= 11 is 0. The van der Waals surface area contributed by atoms with Crippen molar-refractivity contribution >= 4 is 31.4 Å². The highest BCUT2D eigenvalue weighted by Gasteiger charge is 2.46. The number of aliphatic hydroxyl groups is 2. The van der Waals surface area contributed by atoms with Crippen molar-refractivity contribution in [1.29, 1.82) is 0 Å². The number of allylic oxidation sites excluding steroid dienone is 2. The van der Waals surface area contributed by atoms with E-state index in [-0.39, 0.29) is 18.4 Å². The molecule has 1 saturated heterocycles. The fourth-order valence-corrected chi connectivity index (χ4v) is 5.00. The van der Waals surface area contributed by atoms with E-state index in [0.29, 0.717) is 17.0 Å². The Bertz CT molecular complexity index is 1130. The van der Waals surface area contributed by atoms with Crippen molar-refractivity contribution in [2.45, 2.75) is 43.0 Å². The fourth-order valence-electron chi connectivity index (χ4n) is 4.50. The molecule has 6 N–H and O–H groups in total. The molecule has 1 aliphatic heterocycles.